The van der Waals surface area contributed by atoms with Gasteiger partial charge in [-0.25, -0.2) is 13.4 Å². The fraction of sp³-hybridized carbons (Fsp3) is 0.700. The molecule has 0 bridgehead atoms. The second-order valence-corrected chi connectivity index (χ2v) is 7.17. The van der Waals surface area contributed by atoms with E-state index in [2.05, 4.69) is 27.8 Å². The minimum absolute atomic E-state index is 0.120. The van der Waals surface area contributed by atoms with Gasteiger partial charge in [-0.3, -0.25) is 0 Å². The van der Waals surface area contributed by atoms with E-state index in [0.717, 1.165) is 12.8 Å². The molecule has 0 unspecified atom stereocenters. The fourth-order valence-electron chi connectivity index (χ4n) is 2.05. The number of hydrogen-bond donors (Lipinski definition) is 0. The van der Waals surface area contributed by atoms with Gasteiger partial charge in [0.25, 0.3) is 10.0 Å². The molecule has 0 radical (unpaired) electrons. The molecular formula is C10H16BrN3O2S. The topological polar surface area (TPSA) is 55.2 Å². The molecule has 1 aromatic rings. The van der Waals surface area contributed by atoms with Crippen molar-refractivity contribution in [1.82, 2.24) is 13.9 Å². The first-order valence-corrected chi connectivity index (χ1v) is 7.83. The number of nitrogens with zero attached hydrogens (tertiary/aromatic N) is 3. The molecule has 1 aromatic heterocycles. The molecule has 5 nitrogen and oxygen atoms in total. The third-order valence-electron chi connectivity index (χ3n) is 3.04. The van der Waals surface area contributed by atoms with Gasteiger partial charge < -0.3 is 4.57 Å². The fourth-order valence-corrected chi connectivity index (χ4v) is 4.46. The second kappa shape index (κ2) is 4.70. The Hall–Kier alpha value is -0.400. The molecule has 7 heteroatoms. The number of halogens is 1. The Morgan fingerprint density at radius 3 is 2.76 bits per heavy atom. The maximum absolute atomic E-state index is 12.4. The minimum atomic E-state index is -3.45. The third-order valence-corrected chi connectivity index (χ3v) is 6.03. The van der Waals surface area contributed by atoms with Gasteiger partial charge in [0.2, 0.25) is 5.03 Å². The lowest BCUT2D eigenvalue weighted by molar-refractivity contribution is 0.280. The van der Waals surface area contributed by atoms with Gasteiger partial charge in [0.1, 0.15) is 4.60 Å². The largest absolute Gasteiger partial charge is 0.327 e. The molecular weight excluding hydrogens is 306 g/mol. The molecule has 17 heavy (non-hydrogen) atoms. The highest BCUT2D eigenvalue weighted by Gasteiger charge is 2.32. The molecule has 0 aromatic carbocycles. The van der Waals surface area contributed by atoms with E-state index in [1.807, 2.05) is 0 Å². The standard InChI is InChI=1S/C10H16BrN3O2S/c1-8-4-3-5-14(6-8)17(15,16)10-9(11)13(2)7-12-10/h7-8H,3-6H2,1-2H3/t8-/m0/s1. The van der Waals surface area contributed by atoms with E-state index >= 15 is 0 Å². The van der Waals surface area contributed by atoms with Crippen molar-refractivity contribution < 1.29 is 8.42 Å². The van der Waals surface area contributed by atoms with Crippen LogP contribution in [0.1, 0.15) is 19.8 Å². The van der Waals surface area contributed by atoms with Gasteiger partial charge in [-0.05, 0) is 34.7 Å². The zero-order chi connectivity index (χ0) is 12.6. The Balaban J connectivity index is 2.33. The summed E-state index contributed by atoms with van der Waals surface area (Å²) in [7, 11) is -1.69. The Morgan fingerprint density at radius 1 is 1.53 bits per heavy atom. The van der Waals surface area contributed by atoms with Crippen molar-refractivity contribution in [2.45, 2.75) is 24.8 Å². The summed E-state index contributed by atoms with van der Waals surface area (Å²) < 4.78 is 28.5. The quantitative estimate of drug-likeness (QED) is 0.831. The van der Waals surface area contributed by atoms with Crippen LogP contribution in [-0.4, -0.2) is 35.4 Å². The van der Waals surface area contributed by atoms with E-state index < -0.39 is 10.0 Å². The predicted octanol–water partition coefficient (Wildman–Crippen LogP) is 1.60. The van der Waals surface area contributed by atoms with Crippen molar-refractivity contribution >= 4 is 26.0 Å². The molecule has 1 aliphatic rings. The summed E-state index contributed by atoms with van der Waals surface area (Å²) in [5.74, 6) is 0.418. The third kappa shape index (κ3) is 2.41. The Kier molecular flexibility index (Phi) is 3.61. The second-order valence-electron chi connectivity index (χ2n) is 4.56. The normalized spacial score (nSPS) is 22.9. The van der Waals surface area contributed by atoms with Crippen molar-refractivity contribution in [2.24, 2.45) is 13.0 Å². The van der Waals surface area contributed by atoms with Crippen LogP contribution >= 0.6 is 15.9 Å². The van der Waals surface area contributed by atoms with Crippen molar-refractivity contribution in [1.29, 1.82) is 0 Å². The number of piperidine rings is 1. The highest BCUT2D eigenvalue weighted by molar-refractivity contribution is 9.10. The molecule has 0 saturated carbocycles. The number of imidazole rings is 1. The maximum Gasteiger partial charge on any atom is 0.263 e. The molecule has 0 aliphatic carbocycles. The number of aryl methyl sites for hydroxylation is 1. The van der Waals surface area contributed by atoms with Crippen LogP contribution < -0.4 is 0 Å². The summed E-state index contributed by atoms with van der Waals surface area (Å²) in [4.78, 5) is 3.97. The van der Waals surface area contributed by atoms with Crippen LogP contribution in [0.25, 0.3) is 0 Å². The molecule has 1 fully saturated rings. The summed E-state index contributed by atoms with van der Waals surface area (Å²) in [6, 6.07) is 0. The van der Waals surface area contributed by atoms with E-state index in [-0.39, 0.29) is 5.03 Å². The lowest BCUT2D eigenvalue weighted by Gasteiger charge is -2.29. The van der Waals surface area contributed by atoms with Crippen molar-refractivity contribution in [3.8, 4) is 0 Å². The van der Waals surface area contributed by atoms with Gasteiger partial charge in [-0.2, -0.15) is 4.31 Å². The summed E-state index contributed by atoms with van der Waals surface area (Å²) in [5.41, 5.74) is 0. The Labute approximate surface area is 110 Å². The van der Waals surface area contributed by atoms with Gasteiger partial charge in [-0.1, -0.05) is 6.92 Å². The van der Waals surface area contributed by atoms with E-state index in [4.69, 9.17) is 0 Å². The maximum atomic E-state index is 12.4. The first kappa shape index (κ1) is 13.0. The highest BCUT2D eigenvalue weighted by Crippen LogP contribution is 2.26. The molecule has 0 amide bonds. The number of rotatable bonds is 2. The van der Waals surface area contributed by atoms with Crippen LogP contribution in [0, 0.1) is 5.92 Å². The lowest BCUT2D eigenvalue weighted by atomic mass is 10.0. The summed E-state index contributed by atoms with van der Waals surface area (Å²) in [5, 5.41) is 0.120. The molecule has 2 heterocycles. The van der Waals surface area contributed by atoms with Crippen LogP contribution in [-0.2, 0) is 17.1 Å². The van der Waals surface area contributed by atoms with Gasteiger partial charge in [0.05, 0.1) is 6.33 Å². The van der Waals surface area contributed by atoms with E-state index in [0.29, 0.717) is 23.6 Å². The number of aromatic nitrogens is 2. The van der Waals surface area contributed by atoms with E-state index in [9.17, 15) is 8.42 Å². The molecule has 0 N–H and O–H groups in total. The minimum Gasteiger partial charge on any atom is -0.327 e. The first-order chi connectivity index (χ1) is 7.93. The molecule has 0 spiro atoms. The number of hydrogen-bond acceptors (Lipinski definition) is 3. The summed E-state index contributed by atoms with van der Waals surface area (Å²) in [6.45, 7) is 3.26. The van der Waals surface area contributed by atoms with Crippen molar-refractivity contribution in [2.75, 3.05) is 13.1 Å². The zero-order valence-electron chi connectivity index (χ0n) is 9.93. The zero-order valence-corrected chi connectivity index (χ0v) is 12.3. The number of sulfonamides is 1. The molecule has 1 atom stereocenters. The van der Waals surface area contributed by atoms with Crippen LogP contribution in [0.3, 0.4) is 0 Å². The smallest absolute Gasteiger partial charge is 0.263 e. The summed E-state index contributed by atoms with van der Waals surface area (Å²) in [6.07, 6.45) is 3.52. The van der Waals surface area contributed by atoms with Gasteiger partial charge in [-0.15, -0.1) is 0 Å². The highest BCUT2D eigenvalue weighted by atomic mass is 79.9. The van der Waals surface area contributed by atoms with Crippen LogP contribution in [0.4, 0.5) is 0 Å². The average molecular weight is 322 g/mol. The molecule has 1 aliphatic heterocycles. The SMILES string of the molecule is C[C@H]1CCCN(S(=O)(=O)c2ncn(C)c2Br)C1. The van der Waals surface area contributed by atoms with Crippen molar-refractivity contribution in [3.63, 3.8) is 0 Å². The Morgan fingerprint density at radius 2 is 2.24 bits per heavy atom. The van der Waals surface area contributed by atoms with Crippen LogP contribution in [0.5, 0.6) is 0 Å². The first-order valence-electron chi connectivity index (χ1n) is 5.60. The average Bonchev–Trinajstić information content (AvgIpc) is 2.60. The predicted molar refractivity (Wildman–Crippen MR) is 68.1 cm³/mol. The van der Waals surface area contributed by atoms with Crippen molar-refractivity contribution in [3.05, 3.63) is 10.9 Å². The van der Waals surface area contributed by atoms with E-state index in [1.165, 1.54) is 10.6 Å². The Bertz CT molecular complexity index is 512. The van der Waals surface area contributed by atoms with Gasteiger partial charge in [0.15, 0.2) is 0 Å². The molecule has 1 saturated heterocycles. The van der Waals surface area contributed by atoms with Crippen LogP contribution in [0.15, 0.2) is 16.0 Å². The van der Waals surface area contributed by atoms with E-state index in [1.54, 1.807) is 11.6 Å². The lowest BCUT2D eigenvalue weighted by Crippen LogP contribution is -2.39. The van der Waals surface area contributed by atoms with Gasteiger partial charge >= 0.3 is 0 Å². The summed E-state index contributed by atoms with van der Waals surface area (Å²) >= 11 is 3.26. The molecule has 2 rings (SSSR count). The molecule has 96 valence electrons. The van der Waals surface area contributed by atoms with Gasteiger partial charge in [0, 0.05) is 20.1 Å². The monoisotopic (exact) mass is 321 g/mol. The van der Waals surface area contributed by atoms with Crippen LogP contribution in [0.2, 0.25) is 0 Å².